The molecule has 0 saturated heterocycles. The fourth-order valence-corrected chi connectivity index (χ4v) is 2.16. The normalized spacial score (nSPS) is 10.5. The Morgan fingerprint density at radius 3 is 2.47 bits per heavy atom. The van der Waals surface area contributed by atoms with Gasteiger partial charge >= 0.3 is 0 Å². The van der Waals surface area contributed by atoms with Crippen LogP contribution in [-0.2, 0) is 6.54 Å². The predicted molar refractivity (Wildman–Crippen MR) is 76.9 cm³/mol. The molecule has 6 heteroatoms. The molecule has 0 amide bonds. The second-order valence-corrected chi connectivity index (χ2v) is 5.07. The number of rotatable bonds is 3. The van der Waals surface area contributed by atoms with E-state index in [1.165, 1.54) is 18.2 Å². The molecular formula is C13H9Cl3FNO. The molecule has 100 valence electrons. The van der Waals surface area contributed by atoms with Gasteiger partial charge in [0.1, 0.15) is 0 Å². The van der Waals surface area contributed by atoms with Gasteiger partial charge in [-0.25, -0.2) is 4.39 Å². The average molecular weight is 321 g/mol. The van der Waals surface area contributed by atoms with Gasteiger partial charge in [-0.05, 0) is 18.2 Å². The van der Waals surface area contributed by atoms with Gasteiger partial charge in [0.2, 0.25) is 0 Å². The fraction of sp³-hybridized carbons (Fsp3) is 0.0769. The molecule has 19 heavy (non-hydrogen) atoms. The van der Waals surface area contributed by atoms with Crippen LogP contribution in [0.4, 0.5) is 10.1 Å². The maximum Gasteiger partial charge on any atom is 0.165 e. The second kappa shape index (κ2) is 5.87. The number of hydrogen-bond acceptors (Lipinski definition) is 2. The van der Waals surface area contributed by atoms with Gasteiger partial charge in [0.15, 0.2) is 11.6 Å². The highest BCUT2D eigenvalue weighted by Gasteiger charge is 2.09. The highest BCUT2D eigenvalue weighted by molar-refractivity contribution is 6.44. The van der Waals surface area contributed by atoms with Gasteiger partial charge in [-0.3, -0.25) is 0 Å². The summed E-state index contributed by atoms with van der Waals surface area (Å²) < 4.78 is 13.2. The van der Waals surface area contributed by atoms with E-state index in [9.17, 15) is 9.50 Å². The van der Waals surface area contributed by atoms with Crippen LogP contribution in [-0.4, -0.2) is 5.11 Å². The van der Waals surface area contributed by atoms with Gasteiger partial charge in [0.25, 0.3) is 0 Å². The summed E-state index contributed by atoms with van der Waals surface area (Å²) in [7, 11) is 0. The SMILES string of the molecule is Oc1c(F)cccc1CNc1cc(Cl)c(Cl)cc1Cl. The van der Waals surface area contributed by atoms with Crippen LogP contribution < -0.4 is 5.32 Å². The molecule has 0 heterocycles. The lowest BCUT2D eigenvalue weighted by molar-refractivity contribution is 0.427. The van der Waals surface area contributed by atoms with Crippen molar-refractivity contribution in [3.8, 4) is 5.75 Å². The summed E-state index contributed by atoms with van der Waals surface area (Å²) in [6.45, 7) is 0.210. The number of halogens is 4. The lowest BCUT2D eigenvalue weighted by Gasteiger charge is -2.11. The molecule has 0 aliphatic heterocycles. The van der Waals surface area contributed by atoms with Gasteiger partial charge in [0, 0.05) is 12.1 Å². The van der Waals surface area contributed by atoms with Crippen molar-refractivity contribution in [1.29, 1.82) is 0 Å². The van der Waals surface area contributed by atoms with Crippen molar-refractivity contribution in [2.45, 2.75) is 6.54 Å². The average Bonchev–Trinajstić information content (AvgIpc) is 2.37. The lowest BCUT2D eigenvalue weighted by atomic mass is 10.2. The molecule has 0 unspecified atom stereocenters. The van der Waals surface area contributed by atoms with Crippen molar-refractivity contribution in [1.82, 2.24) is 0 Å². The molecule has 0 bridgehead atoms. The number of phenolic OH excluding ortho intramolecular Hbond substituents is 1. The predicted octanol–water partition coefficient (Wildman–Crippen LogP) is 5.10. The van der Waals surface area contributed by atoms with Crippen molar-refractivity contribution in [2.24, 2.45) is 0 Å². The Morgan fingerprint density at radius 1 is 1.05 bits per heavy atom. The molecule has 0 aliphatic rings. The summed E-state index contributed by atoms with van der Waals surface area (Å²) >= 11 is 17.7. The number of anilines is 1. The van der Waals surface area contributed by atoms with E-state index in [0.29, 0.717) is 26.3 Å². The van der Waals surface area contributed by atoms with Gasteiger partial charge in [-0.2, -0.15) is 0 Å². The first-order chi connectivity index (χ1) is 8.99. The number of hydrogen-bond donors (Lipinski definition) is 2. The maximum atomic E-state index is 13.2. The quantitative estimate of drug-likeness (QED) is 0.771. The van der Waals surface area contributed by atoms with Crippen molar-refractivity contribution >= 4 is 40.5 Å². The van der Waals surface area contributed by atoms with E-state index in [-0.39, 0.29) is 12.3 Å². The van der Waals surface area contributed by atoms with Gasteiger partial charge < -0.3 is 10.4 Å². The molecular weight excluding hydrogens is 312 g/mol. The largest absolute Gasteiger partial charge is 0.505 e. The monoisotopic (exact) mass is 319 g/mol. The molecule has 2 rings (SSSR count). The van der Waals surface area contributed by atoms with Crippen LogP contribution >= 0.6 is 34.8 Å². The molecule has 2 aromatic carbocycles. The van der Waals surface area contributed by atoms with Crippen LogP contribution in [0, 0.1) is 5.82 Å². The highest BCUT2D eigenvalue weighted by Crippen LogP contribution is 2.33. The minimum atomic E-state index is -0.667. The molecule has 2 nitrogen and oxygen atoms in total. The Morgan fingerprint density at radius 2 is 1.74 bits per heavy atom. The highest BCUT2D eigenvalue weighted by atomic mass is 35.5. The van der Waals surface area contributed by atoms with E-state index in [0.717, 1.165) is 0 Å². The van der Waals surface area contributed by atoms with Gasteiger partial charge in [-0.15, -0.1) is 0 Å². The number of benzene rings is 2. The Bertz CT molecular complexity index is 619. The number of aromatic hydroxyl groups is 1. The molecule has 0 atom stereocenters. The van der Waals surface area contributed by atoms with Crippen LogP contribution in [0.3, 0.4) is 0 Å². The molecule has 0 saturated carbocycles. The van der Waals surface area contributed by atoms with Crippen LogP contribution in [0.1, 0.15) is 5.56 Å². The molecule has 0 aliphatic carbocycles. The molecule has 0 spiro atoms. The zero-order valence-electron chi connectivity index (χ0n) is 9.55. The third kappa shape index (κ3) is 3.24. The van der Waals surface area contributed by atoms with Gasteiger partial charge in [-0.1, -0.05) is 46.9 Å². The van der Waals surface area contributed by atoms with Crippen molar-refractivity contribution in [3.05, 3.63) is 56.8 Å². The summed E-state index contributed by atoms with van der Waals surface area (Å²) in [6, 6.07) is 7.39. The Labute approximate surface area is 124 Å². The van der Waals surface area contributed by atoms with E-state index < -0.39 is 5.82 Å². The minimum Gasteiger partial charge on any atom is -0.505 e. The van der Waals surface area contributed by atoms with Crippen LogP contribution in [0.2, 0.25) is 15.1 Å². The lowest BCUT2D eigenvalue weighted by Crippen LogP contribution is -2.01. The molecule has 0 fully saturated rings. The molecule has 2 N–H and O–H groups in total. The Hall–Kier alpha value is -1.16. The molecule has 0 radical (unpaired) electrons. The topological polar surface area (TPSA) is 32.3 Å². The summed E-state index contributed by atoms with van der Waals surface area (Å²) in [5.74, 6) is -1.05. The number of para-hydroxylation sites is 1. The zero-order valence-corrected chi connectivity index (χ0v) is 11.8. The standard InChI is InChI=1S/C13H9Cl3FNO/c14-8-4-10(16)12(5-9(8)15)18-6-7-2-1-3-11(17)13(7)19/h1-5,18-19H,6H2. The third-order valence-corrected chi connectivity index (χ3v) is 3.58. The van der Waals surface area contributed by atoms with E-state index in [1.54, 1.807) is 12.1 Å². The van der Waals surface area contributed by atoms with Crippen LogP contribution in [0.25, 0.3) is 0 Å². The third-order valence-electron chi connectivity index (χ3n) is 2.55. The molecule has 0 aromatic heterocycles. The van der Waals surface area contributed by atoms with Crippen molar-refractivity contribution in [3.63, 3.8) is 0 Å². The first-order valence-electron chi connectivity index (χ1n) is 5.34. The summed E-state index contributed by atoms with van der Waals surface area (Å²) in [4.78, 5) is 0. The maximum absolute atomic E-state index is 13.2. The van der Waals surface area contributed by atoms with Crippen LogP contribution in [0.15, 0.2) is 30.3 Å². The second-order valence-electron chi connectivity index (χ2n) is 3.85. The smallest absolute Gasteiger partial charge is 0.165 e. The zero-order chi connectivity index (χ0) is 14.0. The van der Waals surface area contributed by atoms with Crippen LogP contribution in [0.5, 0.6) is 5.75 Å². The van der Waals surface area contributed by atoms with E-state index in [4.69, 9.17) is 34.8 Å². The van der Waals surface area contributed by atoms with Crippen molar-refractivity contribution < 1.29 is 9.50 Å². The Kier molecular flexibility index (Phi) is 4.40. The summed E-state index contributed by atoms with van der Waals surface area (Å²) in [5.41, 5.74) is 0.974. The fourth-order valence-electron chi connectivity index (χ4n) is 1.55. The first-order valence-corrected chi connectivity index (χ1v) is 6.47. The van der Waals surface area contributed by atoms with E-state index in [1.807, 2.05) is 0 Å². The summed E-state index contributed by atoms with van der Waals surface area (Å²) in [6.07, 6.45) is 0. The minimum absolute atomic E-state index is 0.210. The number of phenols is 1. The van der Waals surface area contributed by atoms with Crippen molar-refractivity contribution in [2.75, 3.05) is 5.32 Å². The van der Waals surface area contributed by atoms with E-state index >= 15 is 0 Å². The molecule has 2 aromatic rings. The Balaban J connectivity index is 2.19. The number of nitrogens with one attached hydrogen (secondary N) is 1. The first kappa shape index (κ1) is 14.3. The van der Waals surface area contributed by atoms with Gasteiger partial charge in [0.05, 0.1) is 20.8 Å². The summed E-state index contributed by atoms with van der Waals surface area (Å²) in [5, 5.41) is 13.6. The van der Waals surface area contributed by atoms with E-state index in [2.05, 4.69) is 5.32 Å².